The number of nitrogens with one attached hydrogen (secondary N) is 1. The summed E-state index contributed by atoms with van der Waals surface area (Å²) in [4.78, 5) is 26.3. The van der Waals surface area contributed by atoms with Crippen molar-refractivity contribution in [1.29, 1.82) is 0 Å². The van der Waals surface area contributed by atoms with Crippen molar-refractivity contribution >= 4 is 37.4 Å². The Bertz CT molecular complexity index is 1270. The maximum atomic E-state index is 13.3. The molecule has 30 heavy (non-hydrogen) atoms. The molecule has 2 heterocycles. The van der Waals surface area contributed by atoms with Gasteiger partial charge in [-0.1, -0.05) is 56.3 Å². The summed E-state index contributed by atoms with van der Waals surface area (Å²) in [5.74, 6) is -0.190. The van der Waals surface area contributed by atoms with Gasteiger partial charge in [0, 0.05) is 16.6 Å². The van der Waals surface area contributed by atoms with E-state index in [0.717, 1.165) is 32.5 Å². The molecule has 0 radical (unpaired) electrons. The summed E-state index contributed by atoms with van der Waals surface area (Å²) in [5.41, 5.74) is 2.86. The molecule has 1 amide bonds. The van der Waals surface area contributed by atoms with E-state index in [9.17, 15) is 9.59 Å². The highest BCUT2D eigenvalue weighted by molar-refractivity contribution is 7.26. The van der Waals surface area contributed by atoms with Crippen LogP contribution in [-0.4, -0.2) is 15.7 Å². The van der Waals surface area contributed by atoms with Gasteiger partial charge in [-0.2, -0.15) is 5.10 Å². The number of benzene rings is 2. The minimum Gasteiger partial charge on any atom is -0.350 e. The van der Waals surface area contributed by atoms with Crippen LogP contribution in [0.25, 0.3) is 20.2 Å². The maximum absolute atomic E-state index is 13.3. The highest BCUT2D eigenvalue weighted by atomic mass is 32.1. The Morgan fingerprint density at radius 2 is 1.80 bits per heavy atom. The molecule has 154 valence electrons. The monoisotopic (exact) mass is 419 g/mol. The van der Waals surface area contributed by atoms with Crippen LogP contribution in [0.5, 0.6) is 0 Å². The summed E-state index contributed by atoms with van der Waals surface area (Å²) in [6.45, 7) is 6.34. The lowest BCUT2D eigenvalue weighted by atomic mass is 10.1. The molecule has 0 bridgehead atoms. The fourth-order valence-electron chi connectivity index (χ4n) is 3.76. The van der Waals surface area contributed by atoms with E-state index in [2.05, 4.69) is 29.5 Å². The Kier molecular flexibility index (Phi) is 5.68. The van der Waals surface area contributed by atoms with Crippen LogP contribution in [0.2, 0.25) is 0 Å². The van der Waals surface area contributed by atoms with Gasteiger partial charge in [0.2, 0.25) is 5.91 Å². The second kappa shape index (κ2) is 8.40. The van der Waals surface area contributed by atoms with Gasteiger partial charge in [-0.05, 0) is 37.0 Å². The second-order valence-corrected chi connectivity index (χ2v) is 8.50. The Hall–Kier alpha value is -2.99. The number of nitrogens with zero attached hydrogens (tertiary/aromatic N) is 2. The quantitative estimate of drug-likeness (QED) is 0.491. The van der Waals surface area contributed by atoms with Crippen molar-refractivity contribution in [3.05, 3.63) is 75.7 Å². The third kappa shape index (κ3) is 3.63. The Balaban J connectivity index is 1.66. The van der Waals surface area contributed by atoms with Gasteiger partial charge in [0.25, 0.3) is 5.56 Å². The van der Waals surface area contributed by atoms with Crippen molar-refractivity contribution in [2.75, 3.05) is 0 Å². The number of aryl methyl sites for hydroxylation is 2. The molecule has 0 saturated heterocycles. The van der Waals surface area contributed by atoms with E-state index in [1.807, 2.05) is 50.2 Å². The van der Waals surface area contributed by atoms with E-state index in [1.54, 1.807) is 11.3 Å². The summed E-state index contributed by atoms with van der Waals surface area (Å²) in [7, 11) is 0. The number of carbonyl (C=O) groups excluding carboxylic acids is 1. The molecule has 1 N–H and O–H groups in total. The van der Waals surface area contributed by atoms with Crippen LogP contribution in [0.3, 0.4) is 0 Å². The number of carbonyl (C=O) groups is 1. The van der Waals surface area contributed by atoms with Crippen LogP contribution in [0.15, 0.2) is 53.3 Å². The fraction of sp³-hybridized carbons (Fsp3) is 0.292. The number of thiophene rings is 1. The summed E-state index contributed by atoms with van der Waals surface area (Å²) in [6, 6.07) is 15.4. The van der Waals surface area contributed by atoms with Crippen LogP contribution in [0, 0.1) is 6.92 Å². The highest BCUT2D eigenvalue weighted by Crippen LogP contribution is 2.33. The maximum Gasteiger partial charge on any atom is 0.276 e. The van der Waals surface area contributed by atoms with E-state index in [-0.39, 0.29) is 11.5 Å². The van der Waals surface area contributed by atoms with Crippen LogP contribution < -0.4 is 10.9 Å². The zero-order valence-corrected chi connectivity index (χ0v) is 18.3. The van der Waals surface area contributed by atoms with E-state index in [0.29, 0.717) is 18.4 Å². The van der Waals surface area contributed by atoms with Crippen LogP contribution in [-0.2, 0) is 17.8 Å². The van der Waals surface area contributed by atoms with Gasteiger partial charge < -0.3 is 5.32 Å². The van der Waals surface area contributed by atoms with Gasteiger partial charge in [-0.3, -0.25) is 9.59 Å². The first-order valence-electron chi connectivity index (χ1n) is 10.3. The van der Waals surface area contributed by atoms with Crippen molar-refractivity contribution in [2.24, 2.45) is 0 Å². The topological polar surface area (TPSA) is 64.0 Å². The standard InChI is InChI=1S/C24H25N3O2S/c1-4-16-10-12-17(13-11-16)14-25-23(28)19(5-2)27-24(29)21-18-8-6-7-9-20(18)30-22(21)15(3)26-27/h6-13,19H,4-5,14H2,1-3H3,(H,25,28)/t19-/m1/s1. The molecular weight excluding hydrogens is 394 g/mol. The Morgan fingerprint density at radius 1 is 1.10 bits per heavy atom. The summed E-state index contributed by atoms with van der Waals surface area (Å²) in [5, 5.41) is 9.08. The number of rotatable bonds is 6. The number of aromatic nitrogens is 2. The molecular formula is C24H25N3O2S. The predicted octanol–water partition coefficient (Wildman–Crippen LogP) is 4.75. The number of hydrogen-bond acceptors (Lipinski definition) is 4. The summed E-state index contributed by atoms with van der Waals surface area (Å²) >= 11 is 1.57. The molecule has 1 atom stereocenters. The first-order valence-corrected chi connectivity index (χ1v) is 11.1. The van der Waals surface area contributed by atoms with E-state index in [4.69, 9.17) is 0 Å². The third-order valence-corrected chi connectivity index (χ3v) is 6.77. The van der Waals surface area contributed by atoms with Crippen molar-refractivity contribution in [2.45, 2.75) is 46.2 Å². The van der Waals surface area contributed by atoms with Crippen LogP contribution in [0.1, 0.15) is 43.1 Å². The molecule has 0 saturated carbocycles. The van der Waals surface area contributed by atoms with Crippen molar-refractivity contribution in [3.8, 4) is 0 Å². The van der Waals surface area contributed by atoms with Gasteiger partial charge in [-0.15, -0.1) is 11.3 Å². The molecule has 0 fully saturated rings. The average molecular weight is 420 g/mol. The molecule has 0 aliphatic heterocycles. The molecule has 0 spiro atoms. The molecule has 2 aromatic carbocycles. The summed E-state index contributed by atoms with van der Waals surface area (Å²) in [6.07, 6.45) is 1.47. The van der Waals surface area contributed by atoms with E-state index in [1.165, 1.54) is 10.2 Å². The zero-order chi connectivity index (χ0) is 21.3. The van der Waals surface area contributed by atoms with Crippen LogP contribution >= 0.6 is 11.3 Å². The largest absolute Gasteiger partial charge is 0.350 e. The Labute approximate surface area is 179 Å². The van der Waals surface area contributed by atoms with E-state index >= 15 is 0 Å². The number of fused-ring (bicyclic) bond motifs is 3. The lowest BCUT2D eigenvalue weighted by molar-refractivity contribution is -0.125. The average Bonchev–Trinajstić information content (AvgIpc) is 3.17. The minimum atomic E-state index is -0.644. The zero-order valence-electron chi connectivity index (χ0n) is 17.4. The normalized spacial score (nSPS) is 12.4. The molecule has 5 nitrogen and oxygen atoms in total. The van der Waals surface area contributed by atoms with Crippen molar-refractivity contribution < 1.29 is 4.79 Å². The molecule has 0 aliphatic rings. The molecule has 2 aromatic heterocycles. The highest BCUT2D eigenvalue weighted by Gasteiger charge is 2.24. The fourth-order valence-corrected chi connectivity index (χ4v) is 4.89. The van der Waals surface area contributed by atoms with Gasteiger partial charge >= 0.3 is 0 Å². The van der Waals surface area contributed by atoms with E-state index < -0.39 is 6.04 Å². The third-order valence-electron chi connectivity index (χ3n) is 5.49. The Morgan fingerprint density at radius 3 is 2.50 bits per heavy atom. The smallest absolute Gasteiger partial charge is 0.276 e. The first-order chi connectivity index (χ1) is 14.5. The molecule has 4 rings (SSSR count). The predicted molar refractivity (Wildman–Crippen MR) is 123 cm³/mol. The van der Waals surface area contributed by atoms with Gasteiger partial charge in [0.05, 0.1) is 15.8 Å². The van der Waals surface area contributed by atoms with Gasteiger partial charge in [-0.25, -0.2) is 4.68 Å². The van der Waals surface area contributed by atoms with Crippen molar-refractivity contribution in [1.82, 2.24) is 15.1 Å². The SMILES string of the molecule is CCc1ccc(CNC(=O)[C@@H](CC)n2nc(C)c3sc4ccccc4c3c2=O)cc1. The lowest BCUT2D eigenvalue weighted by Gasteiger charge is -2.17. The molecule has 6 heteroatoms. The summed E-state index contributed by atoms with van der Waals surface area (Å²) < 4.78 is 3.32. The lowest BCUT2D eigenvalue weighted by Crippen LogP contribution is -2.38. The first kappa shape index (κ1) is 20.3. The van der Waals surface area contributed by atoms with Gasteiger partial charge in [0.15, 0.2) is 0 Å². The van der Waals surface area contributed by atoms with Gasteiger partial charge in [0.1, 0.15) is 6.04 Å². The minimum absolute atomic E-state index is 0.190. The van der Waals surface area contributed by atoms with Crippen LogP contribution in [0.4, 0.5) is 0 Å². The molecule has 4 aromatic rings. The number of hydrogen-bond donors (Lipinski definition) is 1. The number of amides is 1. The van der Waals surface area contributed by atoms with Crippen molar-refractivity contribution in [3.63, 3.8) is 0 Å². The molecule has 0 unspecified atom stereocenters. The molecule has 0 aliphatic carbocycles. The second-order valence-electron chi connectivity index (χ2n) is 7.45.